The van der Waals surface area contributed by atoms with Crippen LogP contribution in [0.4, 0.5) is 23.7 Å². The lowest BCUT2D eigenvalue weighted by molar-refractivity contribution is -0.137. The Morgan fingerprint density at radius 3 is 2.50 bits per heavy atom. The summed E-state index contributed by atoms with van der Waals surface area (Å²) in [6.45, 7) is 0.0496. The fraction of sp³-hybridized carbons (Fsp3) is 0.438. The number of piperazine rings is 1. The monoisotopic (exact) mass is 414 g/mol. The lowest BCUT2D eigenvalue weighted by Gasteiger charge is -2.33. The maximum Gasteiger partial charge on any atom is 0.417 e. The van der Waals surface area contributed by atoms with Gasteiger partial charge in [-0.3, -0.25) is 4.79 Å². The highest BCUT2D eigenvalue weighted by molar-refractivity contribution is 7.88. The molecule has 2 bridgehead atoms. The van der Waals surface area contributed by atoms with Crippen LogP contribution in [0.25, 0.3) is 0 Å². The summed E-state index contributed by atoms with van der Waals surface area (Å²) in [6, 6.07) is 0.938. The van der Waals surface area contributed by atoms with Crippen molar-refractivity contribution in [1.29, 1.82) is 5.26 Å². The first kappa shape index (κ1) is 18.7. The minimum absolute atomic E-state index is 0.0496. The number of rotatable bonds is 2. The van der Waals surface area contributed by atoms with Crippen molar-refractivity contribution < 1.29 is 31.2 Å². The van der Waals surface area contributed by atoms with Crippen molar-refractivity contribution in [2.24, 2.45) is 0 Å². The number of nitriles is 1. The molecule has 0 radical (unpaired) electrons. The fourth-order valence-corrected chi connectivity index (χ4v) is 5.37. The number of hydrogen-bond acceptors (Lipinski definition) is 5. The second-order valence-electron chi connectivity index (χ2n) is 6.94. The molecule has 1 aromatic carbocycles. The molecule has 0 aliphatic carbocycles. The standard InChI is InChI=1S/C16H13F3N4O4S/c1-28(26,27)21-7-10-5-12(21)13-14(24)23(15(25)22(10)13)9-3-2-8(6-20)11(4-9)16(17,18)19/h2-4,10,12-13H,5,7H2,1H3/t10-,12?,13+/m1/s1. The summed E-state index contributed by atoms with van der Waals surface area (Å²) >= 11 is 0. The SMILES string of the molecule is CS(=O)(=O)N1C[C@H]2CC1[C@H]1C(=O)N(c3ccc(C#N)c(C(F)(F)F)c3)C(=O)N21. The Bertz CT molecular complexity index is 1050. The molecule has 0 N–H and O–H groups in total. The summed E-state index contributed by atoms with van der Waals surface area (Å²) in [7, 11) is -3.59. The van der Waals surface area contributed by atoms with Gasteiger partial charge in [0, 0.05) is 12.6 Å². The number of carbonyl (C=O) groups excluding carboxylic acids is 2. The first-order chi connectivity index (χ1) is 12.9. The molecule has 3 heterocycles. The van der Waals surface area contributed by atoms with Crippen molar-refractivity contribution in [3.8, 4) is 6.07 Å². The Morgan fingerprint density at radius 1 is 1.25 bits per heavy atom. The number of nitrogens with zero attached hydrogens (tertiary/aromatic N) is 4. The van der Waals surface area contributed by atoms with Crippen LogP contribution in [0.15, 0.2) is 18.2 Å². The quantitative estimate of drug-likeness (QED) is 0.676. The third-order valence-electron chi connectivity index (χ3n) is 5.33. The highest BCUT2D eigenvalue weighted by atomic mass is 32.2. The number of sulfonamides is 1. The summed E-state index contributed by atoms with van der Waals surface area (Å²) in [5.74, 6) is -0.774. The molecular formula is C16H13F3N4O4S. The van der Waals surface area contributed by atoms with Gasteiger partial charge in [-0.2, -0.15) is 22.7 Å². The van der Waals surface area contributed by atoms with Gasteiger partial charge in [0.1, 0.15) is 6.04 Å². The maximum atomic E-state index is 13.2. The zero-order valence-corrected chi connectivity index (χ0v) is 15.2. The average molecular weight is 414 g/mol. The van der Waals surface area contributed by atoms with Crippen LogP contribution >= 0.6 is 0 Å². The number of halogens is 3. The van der Waals surface area contributed by atoms with Gasteiger partial charge in [-0.05, 0) is 24.6 Å². The van der Waals surface area contributed by atoms with E-state index in [1.54, 1.807) is 0 Å². The molecule has 4 rings (SSSR count). The van der Waals surface area contributed by atoms with Crippen LogP contribution in [-0.4, -0.2) is 60.5 Å². The smallest absolute Gasteiger partial charge is 0.306 e. The molecule has 3 fully saturated rings. The summed E-state index contributed by atoms with van der Waals surface area (Å²) in [4.78, 5) is 27.5. The first-order valence-corrected chi connectivity index (χ1v) is 10.0. The van der Waals surface area contributed by atoms with E-state index in [2.05, 4.69) is 0 Å². The largest absolute Gasteiger partial charge is 0.417 e. The molecule has 1 unspecified atom stereocenters. The normalized spacial score (nSPS) is 27.5. The van der Waals surface area contributed by atoms with Gasteiger partial charge in [-0.1, -0.05) is 0 Å². The second-order valence-corrected chi connectivity index (χ2v) is 8.87. The molecule has 1 aromatic rings. The number of fused-ring (bicyclic) bond motifs is 5. The third kappa shape index (κ3) is 2.50. The van der Waals surface area contributed by atoms with Crippen LogP contribution in [0.3, 0.4) is 0 Å². The first-order valence-electron chi connectivity index (χ1n) is 8.19. The predicted octanol–water partition coefficient (Wildman–Crippen LogP) is 1.13. The van der Waals surface area contributed by atoms with Crippen LogP contribution < -0.4 is 4.90 Å². The van der Waals surface area contributed by atoms with Gasteiger partial charge in [0.05, 0.1) is 35.2 Å². The molecule has 8 nitrogen and oxygen atoms in total. The van der Waals surface area contributed by atoms with E-state index in [0.717, 1.165) is 22.7 Å². The van der Waals surface area contributed by atoms with Crippen LogP contribution in [0, 0.1) is 11.3 Å². The zero-order valence-electron chi connectivity index (χ0n) is 14.3. The topological polar surface area (TPSA) is 102 Å². The Labute approximate surface area is 157 Å². The van der Waals surface area contributed by atoms with Gasteiger partial charge in [0.2, 0.25) is 10.0 Å². The third-order valence-corrected chi connectivity index (χ3v) is 6.60. The van der Waals surface area contributed by atoms with Crippen molar-refractivity contribution in [2.45, 2.75) is 30.7 Å². The molecule has 3 amide bonds. The lowest BCUT2D eigenvalue weighted by Crippen LogP contribution is -2.54. The molecule has 0 aromatic heterocycles. The van der Waals surface area contributed by atoms with E-state index in [4.69, 9.17) is 5.26 Å². The van der Waals surface area contributed by atoms with Gasteiger partial charge in [0.15, 0.2) is 0 Å². The number of benzene rings is 1. The van der Waals surface area contributed by atoms with Crippen molar-refractivity contribution in [3.63, 3.8) is 0 Å². The van der Waals surface area contributed by atoms with Gasteiger partial charge in [-0.25, -0.2) is 18.1 Å². The van der Waals surface area contributed by atoms with E-state index in [1.807, 2.05) is 0 Å². The van der Waals surface area contributed by atoms with Crippen LogP contribution in [0.2, 0.25) is 0 Å². The van der Waals surface area contributed by atoms with Crippen molar-refractivity contribution in [3.05, 3.63) is 29.3 Å². The number of imide groups is 1. The minimum Gasteiger partial charge on any atom is -0.306 e. The summed E-state index contributed by atoms with van der Waals surface area (Å²) < 4.78 is 64.7. The minimum atomic E-state index is -4.84. The number of amides is 3. The number of anilines is 1. The summed E-state index contributed by atoms with van der Waals surface area (Å²) in [5, 5.41) is 8.89. The molecule has 3 atom stereocenters. The summed E-state index contributed by atoms with van der Waals surface area (Å²) in [5.41, 5.74) is -2.18. The van der Waals surface area contributed by atoms with E-state index in [0.29, 0.717) is 17.4 Å². The Kier molecular flexibility index (Phi) is 3.79. The molecule has 3 aliphatic heterocycles. The predicted molar refractivity (Wildman–Crippen MR) is 88.4 cm³/mol. The molecule has 28 heavy (non-hydrogen) atoms. The van der Waals surface area contributed by atoms with E-state index in [9.17, 15) is 31.2 Å². The highest BCUT2D eigenvalue weighted by Crippen LogP contribution is 2.44. The molecule has 0 spiro atoms. The van der Waals surface area contributed by atoms with Crippen LogP contribution in [0.1, 0.15) is 17.5 Å². The number of carbonyl (C=O) groups is 2. The molecule has 3 aliphatic rings. The van der Waals surface area contributed by atoms with Crippen molar-refractivity contribution >= 4 is 27.6 Å². The van der Waals surface area contributed by atoms with Crippen LogP contribution in [0.5, 0.6) is 0 Å². The molecule has 148 valence electrons. The maximum absolute atomic E-state index is 13.2. The lowest BCUT2D eigenvalue weighted by atomic mass is 10.1. The van der Waals surface area contributed by atoms with Gasteiger partial charge < -0.3 is 4.90 Å². The number of urea groups is 1. The molecule has 12 heteroatoms. The number of hydrogen-bond donors (Lipinski definition) is 0. The Morgan fingerprint density at radius 2 is 1.93 bits per heavy atom. The summed E-state index contributed by atoms with van der Waals surface area (Å²) in [6.07, 6.45) is -3.52. The van der Waals surface area contributed by atoms with Gasteiger partial charge in [0.25, 0.3) is 5.91 Å². The number of alkyl halides is 3. The van der Waals surface area contributed by atoms with Crippen molar-refractivity contribution in [2.75, 3.05) is 17.7 Å². The van der Waals surface area contributed by atoms with Crippen LogP contribution in [-0.2, 0) is 21.0 Å². The fourth-order valence-electron chi connectivity index (χ4n) is 4.24. The molecule has 3 saturated heterocycles. The Balaban J connectivity index is 1.74. The second kappa shape index (κ2) is 5.68. The van der Waals surface area contributed by atoms with E-state index < -0.39 is 57.4 Å². The molecular weight excluding hydrogens is 401 g/mol. The highest BCUT2D eigenvalue weighted by Gasteiger charge is 2.63. The zero-order chi connectivity index (χ0) is 20.6. The van der Waals surface area contributed by atoms with E-state index >= 15 is 0 Å². The van der Waals surface area contributed by atoms with Crippen molar-refractivity contribution in [1.82, 2.24) is 9.21 Å². The average Bonchev–Trinajstić information content (AvgIpc) is 3.25. The van der Waals surface area contributed by atoms with Gasteiger partial charge >= 0.3 is 12.2 Å². The molecule has 0 saturated carbocycles. The van der Waals surface area contributed by atoms with E-state index in [-0.39, 0.29) is 12.2 Å². The van der Waals surface area contributed by atoms with E-state index in [1.165, 1.54) is 11.0 Å². The Hall–Kier alpha value is -2.65. The van der Waals surface area contributed by atoms with Gasteiger partial charge in [-0.15, -0.1) is 0 Å².